The molecule has 0 saturated carbocycles. The molecule has 0 spiro atoms. The molecule has 1 saturated heterocycles. The Bertz CT molecular complexity index is 449. The van der Waals surface area contributed by atoms with Gasteiger partial charge in [-0.3, -0.25) is 9.69 Å². The van der Waals surface area contributed by atoms with Gasteiger partial charge in [-0.15, -0.1) is 11.3 Å². The standard InChI is InChI=1S/C13H20BrN3OS/c1-8(15)12(10-4-5-11(14)19-10)17-6-2-3-9(7-17)13(16)18/h4-5,8-9,12H,2-3,6-7,15H2,1H3,(H2,16,18). The first kappa shape index (κ1) is 15.0. The van der Waals surface area contributed by atoms with Crippen LogP contribution in [-0.4, -0.2) is 29.9 Å². The number of nitrogens with zero attached hydrogens (tertiary/aromatic N) is 1. The molecule has 106 valence electrons. The first-order chi connectivity index (χ1) is 8.99. The van der Waals surface area contributed by atoms with E-state index in [2.05, 4.69) is 26.9 Å². The van der Waals surface area contributed by atoms with Crippen LogP contribution in [0, 0.1) is 5.92 Å². The van der Waals surface area contributed by atoms with Crippen LogP contribution in [0.15, 0.2) is 15.9 Å². The number of thiophene rings is 1. The van der Waals surface area contributed by atoms with Crippen LogP contribution < -0.4 is 11.5 Å². The quantitative estimate of drug-likeness (QED) is 0.877. The highest BCUT2D eigenvalue weighted by Crippen LogP contribution is 2.34. The fourth-order valence-corrected chi connectivity index (χ4v) is 4.42. The van der Waals surface area contributed by atoms with E-state index in [1.165, 1.54) is 4.88 Å². The van der Waals surface area contributed by atoms with Crippen molar-refractivity contribution in [2.24, 2.45) is 17.4 Å². The zero-order chi connectivity index (χ0) is 14.0. The first-order valence-corrected chi connectivity index (χ1v) is 8.14. The molecular formula is C13H20BrN3OS. The minimum Gasteiger partial charge on any atom is -0.369 e. The number of piperidine rings is 1. The molecule has 1 fully saturated rings. The van der Waals surface area contributed by atoms with Crippen molar-refractivity contribution in [3.63, 3.8) is 0 Å². The van der Waals surface area contributed by atoms with E-state index >= 15 is 0 Å². The van der Waals surface area contributed by atoms with Crippen LogP contribution in [-0.2, 0) is 4.79 Å². The van der Waals surface area contributed by atoms with Crippen LogP contribution in [0.5, 0.6) is 0 Å². The maximum Gasteiger partial charge on any atom is 0.221 e. The van der Waals surface area contributed by atoms with Gasteiger partial charge in [0, 0.05) is 17.5 Å². The zero-order valence-electron chi connectivity index (χ0n) is 11.0. The van der Waals surface area contributed by atoms with Gasteiger partial charge in [0.05, 0.1) is 15.7 Å². The molecule has 0 bridgehead atoms. The largest absolute Gasteiger partial charge is 0.369 e. The number of carbonyl (C=O) groups is 1. The number of likely N-dealkylation sites (tertiary alicyclic amines) is 1. The molecule has 1 aliphatic heterocycles. The molecule has 0 aromatic carbocycles. The second kappa shape index (κ2) is 6.35. The van der Waals surface area contributed by atoms with E-state index in [0.29, 0.717) is 0 Å². The lowest BCUT2D eigenvalue weighted by molar-refractivity contribution is -0.123. The SMILES string of the molecule is CC(N)C(c1ccc(Br)s1)N1CCCC(C(N)=O)C1. The minimum atomic E-state index is -0.194. The molecule has 4 N–H and O–H groups in total. The van der Waals surface area contributed by atoms with Gasteiger partial charge >= 0.3 is 0 Å². The number of halogens is 1. The van der Waals surface area contributed by atoms with Crippen LogP contribution in [0.2, 0.25) is 0 Å². The Morgan fingerprint density at radius 2 is 2.32 bits per heavy atom. The summed E-state index contributed by atoms with van der Waals surface area (Å²) >= 11 is 5.20. The molecule has 19 heavy (non-hydrogen) atoms. The number of hydrogen-bond donors (Lipinski definition) is 2. The predicted octanol–water partition coefficient (Wildman–Crippen LogP) is 2.10. The Balaban J connectivity index is 2.17. The second-order valence-corrected chi connectivity index (χ2v) is 7.68. The molecule has 3 atom stereocenters. The summed E-state index contributed by atoms with van der Waals surface area (Å²) in [6.45, 7) is 3.72. The molecule has 4 nitrogen and oxygen atoms in total. The van der Waals surface area contributed by atoms with E-state index in [1.54, 1.807) is 11.3 Å². The van der Waals surface area contributed by atoms with Crippen LogP contribution in [0.3, 0.4) is 0 Å². The van der Waals surface area contributed by atoms with Gasteiger partial charge in [-0.05, 0) is 54.4 Å². The topological polar surface area (TPSA) is 72.3 Å². The normalized spacial score (nSPS) is 24.1. The van der Waals surface area contributed by atoms with Gasteiger partial charge in [0.1, 0.15) is 0 Å². The summed E-state index contributed by atoms with van der Waals surface area (Å²) in [7, 11) is 0. The summed E-state index contributed by atoms with van der Waals surface area (Å²) in [6.07, 6.45) is 1.90. The fraction of sp³-hybridized carbons (Fsp3) is 0.615. The molecule has 0 radical (unpaired) electrons. The number of hydrogen-bond acceptors (Lipinski definition) is 4. The van der Waals surface area contributed by atoms with Gasteiger partial charge in [-0.1, -0.05) is 0 Å². The van der Waals surface area contributed by atoms with Crippen molar-refractivity contribution in [2.75, 3.05) is 13.1 Å². The molecule has 1 aliphatic rings. The molecule has 1 aromatic heterocycles. The zero-order valence-corrected chi connectivity index (χ0v) is 13.4. The van der Waals surface area contributed by atoms with Crippen molar-refractivity contribution in [1.82, 2.24) is 4.90 Å². The molecule has 2 rings (SSSR count). The van der Waals surface area contributed by atoms with Crippen molar-refractivity contribution >= 4 is 33.2 Å². The molecule has 6 heteroatoms. The lowest BCUT2D eigenvalue weighted by Crippen LogP contribution is -2.47. The van der Waals surface area contributed by atoms with Crippen molar-refractivity contribution in [2.45, 2.75) is 31.8 Å². The molecule has 3 unspecified atom stereocenters. The van der Waals surface area contributed by atoms with Crippen molar-refractivity contribution in [3.8, 4) is 0 Å². The van der Waals surface area contributed by atoms with Gasteiger partial charge in [0.2, 0.25) is 5.91 Å². The Morgan fingerprint density at radius 3 is 2.84 bits per heavy atom. The summed E-state index contributed by atoms with van der Waals surface area (Å²) in [6, 6.07) is 4.34. The summed E-state index contributed by atoms with van der Waals surface area (Å²) in [5.41, 5.74) is 11.6. The Hall–Kier alpha value is -0.430. The lowest BCUT2D eigenvalue weighted by Gasteiger charge is -2.38. The predicted molar refractivity (Wildman–Crippen MR) is 81.9 cm³/mol. The number of nitrogens with two attached hydrogens (primary N) is 2. The summed E-state index contributed by atoms with van der Waals surface area (Å²) in [5.74, 6) is -0.237. The summed E-state index contributed by atoms with van der Waals surface area (Å²) in [4.78, 5) is 14.9. The van der Waals surface area contributed by atoms with Gasteiger partial charge in [0.15, 0.2) is 0 Å². The average molecular weight is 346 g/mol. The fourth-order valence-electron chi connectivity index (χ4n) is 2.75. The third-order valence-corrected chi connectivity index (χ3v) is 5.33. The number of rotatable bonds is 4. The third-order valence-electron chi connectivity index (χ3n) is 3.63. The molecule has 1 amide bonds. The van der Waals surface area contributed by atoms with E-state index in [9.17, 15) is 4.79 Å². The minimum absolute atomic E-state index is 0.0252. The Kier molecular flexibility index (Phi) is 5.00. The number of primary amides is 1. The van der Waals surface area contributed by atoms with Crippen LogP contribution in [0.4, 0.5) is 0 Å². The number of carbonyl (C=O) groups excluding carboxylic acids is 1. The highest BCUT2D eigenvalue weighted by molar-refractivity contribution is 9.11. The van der Waals surface area contributed by atoms with Gasteiger partial charge in [-0.2, -0.15) is 0 Å². The molecular weight excluding hydrogens is 326 g/mol. The maximum absolute atomic E-state index is 11.4. The van der Waals surface area contributed by atoms with Gasteiger partial charge < -0.3 is 11.5 Å². The lowest BCUT2D eigenvalue weighted by atomic mass is 9.94. The smallest absolute Gasteiger partial charge is 0.221 e. The Morgan fingerprint density at radius 1 is 1.58 bits per heavy atom. The van der Waals surface area contributed by atoms with Crippen LogP contribution >= 0.6 is 27.3 Å². The van der Waals surface area contributed by atoms with E-state index in [-0.39, 0.29) is 23.9 Å². The average Bonchev–Trinajstić information content (AvgIpc) is 2.75. The maximum atomic E-state index is 11.4. The van der Waals surface area contributed by atoms with E-state index in [1.807, 2.05) is 13.0 Å². The van der Waals surface area contributed by atoms with Crippen LogP contribution in [0.25, 0.3) is 0 Å². The monoisotopic (exact) mass is 345 g/mol. The van der Waals surface area contributed by atoms with Crippen molar-refractivity contribution in [3.05, 3.63) is 20.8 Å². The van der Waals surface area contributed by atoms with E-state index < -0.39 is 0 Å². The van der Waals surface area contributed by atoms with Crippen LogP contribution in [0.1, 0.15) is 30.7 Å². The molecule has 1 aromatic rings. The van der Waals surface area contributed by atoms with Crippen molar-refractivity contribution in [1.29, 1.82) is 0 Å². The van der Waals surface area contributed by atoms with Crippen molar-refractivity contribution < 1.29 is 4.79 Å². The van der Waals surface area contributed by atoms with E-state index in [4.69, 9.17) is 11.5 Å². The Labute approximate surface area is 126 Å². The molecule has 2 heterocycles. The summed E-state index contributed by atoms with van der Waals surface area (Å²) < 4.78 is 1.11. The number of amides is 1. The third kappa shape index (κ3) is 3.56. The summed E-state index contributed by atoms with van der Waals surface area (Å²) in [5, 5.41) is 0. The molecule has 0 aliphatic carbocycles. The second-order valence-electron chi connectivity index (χ2n) is 5.18. The first-order valence-electron chi connectivity index (χ1n) is 6.53. The highest BCUT2D eigenvalue weighted by atomic mass is 79.9. The highest BCUT2D eigenvalue weighted by Gasteiger charge is 2.31. The van der Waals surface area contributed by atoms with Gasteiger partial charge in [-0.25, -0.2) is 0 Å². The van der Waals surface area contributed by atoms with Gasteiger partial charge in [0.25, 0.3) is 0 Å². The van der Waals surface area contributed by atoms with E-state index in [0.717, 1.165) is 29.7 Å².